The first kappa shape index (κ1) is 16.0. The number of nitrogens with zero attached hydrogens (tertiary/aromatic N) is 2. The van der Waals surface area contributed by atoms with Crippen LogP contribution in [0.1, 0.15) is 28.2 Å². The number of likely N-dealkylation sites (tertiary alicyclic amines) is 1. The van der Waals surface area contributed by atoms with Gasteiger partial charge < -0.3 is 9.84 Å². The maximum Gasteiger partial charge on any atom is 0.347 e. The summed E-state index contributed by atoms with van der Waals surface area (Å²) in [5, 5.41) is 9.85. The molecular weight excluding hydrogens is 312 g/mol. The molecule has 2 heterocycles. The molecule has 122 valence electrons. The van der Waals surface area contributed by atoms with E-state index in [1.807, 2.05) is 24.3 Å². The van der Waals surface area contributed by atoms with Crippen molar-refractivity contribution in [3.05, 3.63) is 34.8 Å². The summed E-state index contributed by atoms with van der Waals surface area (Å²) < 4.78 is 5.83. The molecule has 6 heteroatoms. The molecule has 23 heavy (non-hydrogen) atoms. The van der Waals surface area contributed by atoms with Crippen LogP contribution in [0.3, 0.4) is 0 Å². The van der Waals surface area contributed by atoms with Crippen molar-refractivity contribution in [1.29, 1.82) is 0 Å². The lowest BCUT2D eigenvalue weighted by Gasteiger charge is -2.15. The highest BCUT2D eigenvalue weighted by molar-refractivity contribution is 7.17. The Hall–Kier alpha value is -1.92. The van der Waals surface area contributed by atoms with Crippen molar-refractivity contribution < 1.29 is 14.6 Å². The van der Waals surface area contributed by atoms with E-state index in [0.717, 1.165) is 17.9 Å². The van der Waals surface area contributed by atoms with Crippen molar-refractivity contribution >= 4 is 17.3 Å². The van der Waals surface area contributed by atoms with Gasteiger partial charge in [-0.15, -0.1) is 11.3 Å². The first-order valence-corrected chi connectivity index (χ1v) is 8.61. The van der Waals surface area contributed by atoms with Crippen LogP contribution in [0.2, 0.25) is 0 Å². The van der Waals surface area contributed by atoms with Crippen molar-refractivity contribution in [2.45, 2.75) is 19.8 Å². The van der Waals surface area contributed by atoms with Gasteiger partial charge in [0.05, 0.1) is 5.69 Å². The molecule has 0 amide bonds. The van der Waals surface area contributed by atoms with Crippen molar-refractivity contribution in [2.24, 2.45) is 0 Å². The average Bonchev–Trinajstić information content (AvgIpc) is 3.17. The number of aromatic nitrogens is 1. The molecule has 3 rings (SSSR count). The third kappa shape index (κ3) is 3.89. The zero-order chi connectivity index (χ0) is 16.2. The van der Waals surface area contributed by atoms with Crippen molar-refractivity contribution in [3.63, 3.8) is 0 Å². The van der Waals surface area contributed by atoms with E-state index in [-0.39, 0.29) is 0 Å². The molecule has 1 aromatic heterocycles. The fourth-order valence-corrected chi connectivity index (χ4v) is 3.64. The number of carboxylic acids is 1. The molecule has 1 fully saturated rings. The van der Waals surface area contributed by atoms with Gasteiger partial charge >= 0.3 is 5.97 Å². The van der Waals surface area contributed by atoms with Gasteiger partial charge in [-0.25, -0.2) is 9.78 Å². The Bertz CT molecular complexity index is 693. The third-order valence-electron chi connectivity index (χ3n) is 3.95. The molecule has 0 unspecified atom stereocenters. The van der Waals surface area contributed by atoms with E-state index in [1.165, 1.54) is 37.3 Å². The van der Waals surface area contributed by atoms with E-state index in [9.17, 15) is 4.79 Å². The van der Waals surface area contributed by atoms with Gasteiger partial charge in [0.25, 0.3) is 0 Å². The standard InChI is InChI=1S/C17H20N2O3S/c1-12-15(17(20)21)23-16(18-12)13-5-4-6-14(11-13)22-10-9-19-7-2-3-8-19/h4-6,11H,2-3,7-10H2,1H3,(H,20,21). The third-order valence-corrected chi connectivity index (χ3v) is 5.14. The summed E-state index contributed by atoms with van der Waals surface area (Å²) in [6, 6.07) is 7.69. The van der Waals surface area contributed by atoms with Crippen LogP contribution in [0.5, 0.6) is 5.75 Å². The molecule has 1 aliphatic heterocycles. The Labute approximate surface area is 139 Å². The maximum absolute atomic E-state index is 11.1. The molecule has 1 N–H and O–H groups in total. The van der Waals surface area contributed by atoms with Crippen LogP contribution in [0.4, 0.5) is 0 Å². The molecule has 0 bridgehead atoms. The second-order valence-corrected chi connectivity index (χ2v) is 6.66. The average molecular weight is 332 g/mol. The molecule has 0 spiro atoms. The van der Waals surface area contributed by atoms with Gasteiger partial charge in [-0.2, -0.15) is 0 Å². The maximum atomic E-state index is 11.1. The number of benzene rings is 1. The summed E-state index contributed by atoms with van der Waals surface area (Å²) >= 11 is 1.20. The molecule has 5 nitrogen and oxygen atoms in total. The number of aromatic carboxylic acids is 1. The molecule has 0 saturated carbocycles. The molecule has 1 aliphatic rings. The highest BCUT2D eigenvalue weighted by Gasteiger charge is 2.15. The SMILES string of the molecule is Cc1nc(-c2cccc(OCCN3CCCC3)c2)sc1C(=O)O. The summed E-state index contributed by atoms with van der Waals surface area (Å²) in [5.74, 6) is -0.129. The van der Waals surface area contributed by atoms with Gasteiger partial charge in [0, 0.05) is 12.1 Å². The minimum absolute atomic E-state index is 0.292. The first-order chi connectivity index (χ1) is 11.1. The zero-order valence-corrected chi connectivity index (χ0v) is 13.9. The monoisotopic (exact) mass is 332 g/mol. The summed E-state index contributed by atoms with van der Waals surface area (Å²) in [6.07, 6.45) is 2.57. The van der Waals surface area contributed by atoms with Gasteiger partial charge in [0.1, 0.15) is 22.2 Å². The predicted octanol–water partition coefficient (Wildman–Crippen LogP) is 3.29. The van der Waals surface area contributed by atoms with Crippen molar-refractivity contribution in [2.75, 3.05) is 26.2 Å². The van der Waals surface area contributed by atoms with E-state index >= 15 is 0 Å². The summed E-state index contributed by atoms with van der Waals surface area (Å²) in [6.45, 7) is 5.67. The highest BCUT2D eigenvalue weighted by Crippen LogP contribution is 2.30. The van der Waals surface area contributed by atoms with Gasteiger partial charge in [-0.3, -0.25) is 4.90 Å². The molecule has 1 aromatic carbocycles. The van der Waals surface area contributed by atoms with E-state index in [4.69, 9.17) is 9.84 Å². The zero-order valence-electron chi connectivity index (χ0n) is 13.1. The lowest BCUT2D eigenvalue weighted by atomic mass is 10.2. The second-order valence-electron chi connectivity index (χ2n) is 5.66. The Kier molecular flexibility index (Phi) is 4.93. The molecule has 0 atom stereocenters. The number of hydrogen-bond acceptors (Lipinski definition) is 5. The predicted molar refractivity (Wildman–Crippen MR) is 90.4 cm³/mol. The van der Waals surface area contributed by atoms with Crippen LogP contribution in [-0.4, -0.2) is 47.2 Å². The normalized spacial score (nSPS) is 15.0. The first-order valence-electron chi connectivity index (χ1n) is 7.80. The second kappa shape index (κ2) is 7.10. The lowest BCUT2D eigenvalue weighted by molar-refractivity contribution is 0.0701. The molecule has 0 aliphatic carbocycles. The van der Waals surface area contributed by atoms with E-state index in [2.05, 4.69) is 9.88 Å². The topological polar surface area (TPSA) is 62.7 Å². The minimum Gasteiger partial charge on any atom is -0.492 e. The lowest BCUT2D eigenvalue weighted by Crippen LogP contribution is -2.25. The number of rotatable bonds is 6. The van der Waals surface area contributed by atoms with Crippen molar-refractivity contribution in [1.82, 2.24) is 9.88 Å². The summed E-state index contributed by atoms with van der Waals surface area (Å²) in [5.41, 5.74) is 1.45. The van der Waals surface area contributed by atoms with Gasteiger partial charge in [-0.05, 0) is 45.0 Å². The van der Waals surface area contributed by atoms with Crippen LogP contribution < -0.4 is 4.74 Å². The van der Waals surface area contributed by atoms with E-state index in [1.54, 1.807) is 6.92 Å². The Balaban J connectivity index is 1.67. The number of thiazole rings is 1. The van der Waals surface area contributed by atoms with Gasteiger partial charge in [0.15, 0.2) is 0 Å². The van der Waals surface area contributed by atoms with Gasteiger partial charge in [0.2, 0.25) is 0 Å². The number of aryl methyl sites for hydroxylation is 1. The Morgan fingerprint density at radius 2 is 2.17 bits per heavy atom. The fraction of sp³-hybridized carbons (Fsp3) is 0.412. The van der Waals surface area contributed by atoms with Crippen LogP contribution in [0.25, 0.3) is 10.6 Å². The van der Waals surface area contributed by atoms with Crippen LogP contribution in [0, 0.1) is 6.92 Å². The number of ether oxygens (including phenoxy) is 1. The van der Waals surface area contributed by atoms with Gasteiger partial charge in [-0.1, -0.05) is 12.1 Å². The fourth-order valence-electron chi connectivity index (χ4n) is 2.74. The van der Waals surface area contributed by atoms with Crippen molar-refractivity contribution in [3.8, 4) is 16.3 Å². The molecule has 1 saturated heterocycles. The van der Waals surface area contributed by atoms with E-state index in [0.29, 0.717) is 22.2 Å². The van der Waals surface area contributed by atoms with Crippen LogP contribution in [0.15, 0.2) is 24.3 Å². The smallest absolute Gasteiger partial charge is 0.347 e. The highest BCUT2D eigenvalue weighted by atomic mass is 32.1. The van der Waals surface area contributed by atoms with E-state index < -0.39 is 5.97 Å². The molecule has 0 radical (unpaired) electrons. The molecular formula is C17H20N2O3S. The van der Waals surface area contributed by atoms with Crippen LogP contribution >= 0.6 is 11.3 Å². The summed E-state index contributed by atoms with van der Waals surface area (Å²) in [7, 11) is 0. The number of carbonyl (C=O) groups is 1. The largest absolute Gasteiger partial charge is 0.492 e. The molecule has 2 aromatic rings. The minimum atomic E-state index is -0.927. The quantitative estimate of drug-likeness (QED) is 0.879. The number of carboxylic acid groups (broad SMARTS) is 1. The summed E-state index contributed by atoms with van der Waals surface area (Å²) in [4.78, 5) is 18.2. The number of hydrogen-bond donors (Lipinski definition) is 1. The Morgan fingerprint density at radius 1 is 1.39 bits per heavy atom. The van der Waals surface area contributed by atoms with Crippen LogP contribution in [-0.2, 0) is 0 Å². The Morgan fingerprint density at radius 3 is 2.87 bits per heavy atom.